The summed E-state index contributed by atoms with van der Waals surface area (Å²) in [5.41, 5.74) is 2.57. The number of thiophene rings is 1. The minimum absolute atomic E-state index is 0.0136. The van der Waals surface area contributed by atoms with Crippen molar-refractivity contribution in [3.63, 3.8) is 0 Å². The molecule has 2 aromatic carbocycles. The number of benzene rings is 2. The molecule has 1 amide bonds. The van der Waals surface area contributed by atoms with E-state index in [1.807, 2.05) is 19.9 Å². The Labute approximate surface area is 179 Å². The Morgan fingerprint density at radius 1 is 1.10 bits per heavy atom. The molecule has 1 aromatic heterocycles. The molecule has 0 bridgehead atoms. The van der Waals surface area contributed by atoms with Gasteiger partial charge in [-0.1, -0.05) is 24.3 Å². The number of hydrogen-bond donors (Lipinski definition) is 1. The highest BCUT2D eigenvalue weighted by molar-refractivity contribution is 7.89. The molecule has 9 heteroatoms. The number of carbonyl (C=O) groups excluding carboxylic acids is 2. The summed E-state index contributed by atoms with van der Waals surface area (Å²) in [7, 11) is -1.62. The van der Waals surface area contributed by atoms with Crippen LogP contribution >= 0.6 is 11.3 Å². The molecule has 0 aliphatic rings. The summed E-state index contributed by atoms with van der Waals surface area (Å²) in [6.07, 6.45) is 0. The van der Waals surface area contributed by atoms with Gasteiger partial charge in [-0.15, -0.1) is 11.3 Å². The van der Waals surface area contributed by atoms with Crippen molar-refractivity contribution in [2.45, 2.75) is 18.7 Å². The second-order valence-corrected chi connectivity index (χ2v) is 9.97. The molecule has 158 valence electrons. The number of nitrogens with one attached hydrogen (secondary N) is 1. The van der Waals surface area contributed by atoms with Crippen molar-refractivity contribution in [3.05, 3.63) is 58.5 Å². The summed E-state index contributed by atoms with van der Waals surface area (Å²) in [4.78, 5) is 24.6. The van der Waals surface area contributed by atoms with E-state index in [-0.39, 0.29) is 9.77 Å². The van der Waals surface area contributed by atoms with E-state index in [4.69, 9.17) is 4.74 Å². The minimum atomic E-state index is -4.13. The number of amides is 1. The summed E-state index contributed by atoms with van der Waals surface area (Å²) in [6.45, 7) is 3.42. The van der Waals surface area contributed by atoms with Crippen LogP contribution < -0.4 is 5.32 Å². The Morgan fingerprint density at radius 2 is 1.73 bits per heavy atom. The molecule has 1 heterocycles. The predicted molar refractivity (Wildman–Crippen MR) is 118 cm³/mol. The van der Waals surface area contributed by atoms with Crippen LogP contribution in [0.5, 0.6) is 0 Å². The van der Waals surface area contributed by atoms with Crippen molar-refractivity contribution in [2.24, 2.45) is 0 Å². The average Bonchev–Trinajstić information content (AvgIpc) is 3.06. The van der Waals surface area contributed by atoms with Gasteiger partial charge in [0, 0.05) is 22.8 Å². The molecule has 0 saturated heterocycles. The third-order valence-electron chi connectivity index (χ3n) is 4.46. The zero-order chi connectivity index (χ0) is 22.1. The number of carbonyl (C=O) groups is 2. The lowest BCUT2D eigenvalue weighted by Crippen LogP contribution is -2.35. The van der Waals surface area contributed by atoms with Crippen LogP contribution in [0.2, 0.25) is 0 Å². The number of anilines is 1. The number of methoxy groups -OCH3 is 1. The Bertz CT molecular complexity index is 1210. The highest BCUT2D eigenvalue weighted by Crippen LogP contribution is 2.36. The van der Waals surface area contributed by atoms with Gasteiger partial charge in [-0.25, -0.2) is 13.2 Å². The SMILES string of the molecule is COC(=O)c1sc2ccccc2c1S(=O)(=O)N(C)CC(=O)Nc1cc(C)cc(C)c1. The van der Waals surface area contributed by atoms with E-state index < -0.39 is 28.4 Å². The lowest BCUT2D eigenvalue weighted by atomic mass is 10.1. The molecule has 3 rings (SSSR count). The van der Waals surface area contributed by atoms with Gasteiger partial charge in [0.15, 0.2) is 0 Å². The Hall–Kier alpha value is -2.75. The number of hydrogen-bond acceptors (Lipinski definition) is 6. The molecule has 0 radical (unpaired) electrons. The van der Waals surface area contributed by atoms with Crippen LogP contribution in [0, 0.1) is 13.8 Å². The molecule has 30 heavy (non-hydrogen) atoms. The van der Waals surface area contributed by atoms with E-state index in [9.17, 15) is 18.0 Å². The van der Waals surface area contributed by atoms with Gasteiger partial charge in [0.25, 0.3) is 0 Å². The van der Waals surface area contributed by atoms with Crippen LogP contribution in [0.25, 0.3) is 10.1 Å². The smallest absolute Gasteiger partial charge is 0.349 e. The van der Waals surface area contributed by atoms with Gasteiger partial charge in [0.1, 0.15) is 9.77 Å². The predicted octanol–water partition coefficient (Wildman–Crippen LogP) is 3.56. The van der Waals surface area contributed by atoms with Crippen LogP contribution in [0.4, 0.5) is 5.69 Å². The molecular formula is C21H22N2O5S2. The zero-order valence-electron chi connectivity index (χ0n) is 17.1. The molecule has 0 spiro atoms. The standard InChI is InChI=1S/C21H22N2O5S2/c1-13-9-14(2)11-15(10-13)22-18(24)12-23(3)30(26,27)20-16-7-5-6-8-17(16)29-19(20)21(25)28-4/h5-11H,12H2,1-4H3,(H,22,24). The van der Waals surface area contributed by atoms with Gasteiger partial charge in [-0.2, -0.15) is 4.31 Å². The molecule has 0 aliphatic carbocycles. The average molecular weight is 447 g/mol. The number of rotatable bonds is 6. The summed E-state index contributed by atoms with van der Waals surface area (Å²) in [6, 6.07) is 12.4. The fourth-order valence-corrected chi connectivity index (χ4v) is 6.09. The topological polar surface area (TPSA) is 92.8 Å². The van der Waals surface area contributed by atoms with Crippen LogP contribution in [-0.2, 0) is 19.6 Å². The summed E-state index contributed by atoms with van der Waals surface area (Å²) in [5.74, 6) is -1.21. The fourth-order valence-electron chi connectivity index (χ4n) is 3.20. The molecule has 0 unspecified atom stereocenters. The fraction of sp³-hybridized carbons (Fsp3) is 0.238. The first-order valence-corrected chi connectivity index (χ1v) is 11.3. The molecule has 0 aliphatic heterocycles. The number of likely N-dealkylation sites (N-methyl/N-ethyl adjacent to an activating group) is 1. The van der Waals surface area contributed by atoms with Gasteiger partial charge in [0.2, 0.25) is 15.9 Å². The van der Waals surface area contributed by atoms with Crippen molar-refractivity contribution >= 4 is 49.0 Å². The lowest BCUT2D eigenvalue weighted by Gasteiger charge is -2.17. The second kappa shape index (κ2) is 8.55. The summed E-state index contributed by atoms with van der Waals surface area (Å²) in [5, 5.41) is 3.14. The maximum Gasteiger partial charge on any atom is 0.349 e. The summed E-state index contributed by atoms with van der Waals surface area (Å²) >= 11 is 1.04. The van der Waals surface area contributed by atoms with Gasteiger partial charge in [0.05, 0.1) is 13.7 Å². The van der Waals surface area contributed by atoms with E-state index >= 15 is 0 Å². The zero-order valence-corrected chi connectivity index (χ0v) is 18.7. The van der Waals surface area contributed by atoms with Gasteiger partial charge in [-0.05, 0) is 43.2 Å². The minimum Gasteiger partial charge on any atom is -0.465 e. The van der Waals surface area contributed by atoms with Gasteiger partial charge >= 0.3 is 5.97 Å². The van der Waals surface area contributed by atoms with Crippen molar-refractivity contribution < 1.29 is 22.7 Å². The number of sulfonamides is 1. The van der Waals surface area contributed by atoms with Crippen LogP contribution in [0.15, 0.2) is 47.4 Å². The molecule has 7 nitrogen and oxygen atoms in total. The first-order chi connectivity index (χ1) is 14.1. The van der Waals surface area contributed by atoms with E-state index in [1.54, 1.807) is 36.4 Å². The molecule has 0 atom stereocenters. The number of fused-ring (bicyclic) bond motifs is 1. The molecule has 0 saturated carbocycles. The van der Waals surface area contributed by atoms with Crippen molar-refractivity contribution in [1.29, 1.82) is 0 Å². The monoisotopic (exact) mass is 446 g/mol. The van der Waals surface area contributed by atoms with Gasteiger partial charge in [-0.3, -0.25) is 4.79 Å². The largest absolute Gasteiger partial charge is 0.465 e. The lowest BCUT2D eigenvalue weighted by molar-refractivity contribution is -0.116. The maximum absolute atomic E-state index is 13.3. The molecule has 0 fully saturated rings. The quantitative estimate of drug-likeness (QED) is 0.585. The highest BCUT2D eigenvalue weighted by atomic mass is 32.2. The van der Waals surface area contributed by atoms with Crippen LogP contribution in [0.1, 0.15) is 20.8 Å². The van der Waals surface area contributed by atoms with E-state index in [2.05, 4.69) is 5.32 Å². The number of nitrogens with zero attached hydrogens (tertiary/aromatic N) is 1. The maximum atomic E-state index is 13.3. The highest BCUT2D eigenvalue weighted by Gasteiger charge is 2.32. The van der Waals surface area contributed by atoms with E-state index in [0.717, 1.165) is 26.8 Å². The molecule has 1 N–H and O–H groups in total. The molecule has 3 aromatic rings. The number of esters is 1. The van der Waals surface area contributed by atoms with Crippen molar-refractivity contribution in [1.82, 2.24) is 4.31 Å². The Morgan fingerprint density at radius 3 is 2.37 bits per heavy atom. The first-order valence-electron chi connectivity index (χ1n) is 9.08. The summed E-state index contributed by atoms with van der Waals surface area (Å²) < 4.78 is 32.9. The van der Waals surface area contributed by atoms with E-state index in [0.29, 0.717) is 15.8 Å². The van der Waals surface area contributed by atoms with Gasteiger partial charge < -0.3 is 10.1 Å². The number of aryl methyl sites for hydroxylation is 2. The second-order valence-electron chi connectivity index (χ2n) is 6.93. The Balaban J connectivity index is 1.91. The normalized spacial score (nSPS) is 11.6. The van der Waals surface area contributed by atoms with Crippen LogP contribution in [-0.4, -0.2) is 45.3 Å². The third kappa shape index (κ3) is 4.38. The third-order valence-corrected chi connectivity index (χ3v) is 7.63. The van der Waals surface area contributed by atoms with Crippen LogP contribution in [0.3, 0.4) is 0 Å². The Kier molecular flexibility index (Phi) is 6.25. The first kappa shape index (κ1) is 21.9. The number of ether oxygens (including phenoxy) is 1. The van der Waals surface area contributed by atoms with Crippen molar-refractivity contribution in [2.75, 3.05) is 26.0 Å². The molecular weight excluding hydrogens is 424 g/mol. The van der Waals surface area contributed by atoms with E-state index in [1.165, 1.54) is 14.2 Å². The van der Waals surface area contributed by atoms with Crippen molar-refractivity contribution in [3.8, 4) is 0 Å².